The maximum atomic E-state index is 11.6. The topological polar surface area (TPSA) is 113 Å². The van der Waals surface area contributed by atoms with Crippen molar-refractivity contribution in [3.63, 3.8) is 0 Å². The number of rotatable bonds is 62. The third-order valence-electron chi connectivity index (χ3n) is 20.5. The first-order chi connectivity index (χ1) is 51.6. The molecule has 0 aliphatic carbocycles. The first kappa shape index (κ1) is 104. The van der Waals surface area contributed by atoms with Gasteiger partial charge in [-0.15, -0.1) is 0 Å². The monoisotopic (exact) mass is 1540 g/mol. The summed E-state index contributed by atoms with van der Waals surface area (Å²) in [6, 6.07) is 0. The SMILES string of the molecule is CC(C)=CCCC(C)=CCCC(C)=CCCC(C)=CCCC(C)=CCCC(C)=CCCC(C)=CCCC(C)=CCCC(C)=CCCC(C)=CCCC(C)=CCCC(C)=CCCC(C)=CCCC(C)=CCCC(C)=CCCC(C)=CCCC(C)=CCCC(C)=CCCC(C)=CCCC(C)=CCOP(=O)(O)OP(=O)(O)O. The average Bonchev–Trinajstić information content (AvgIpc) is 0.888. The van der Waals surface area contributed by atoms with Crippen LogP contribution in [0.25, 0.3) is 0 Å². The first-order valence-corrected chi connectivity index (χ1v) is 45.5. The molecular formula is C100H164O7P2. The molecule has 0 spiro atoms. The molecule has 0 saturated carbocycles. The van der Waals surface area contributed by atoms with Crippen LogP contribution in [0.15, 0.2) is 233 Å². The Bertz CT molecular complexity index is 3350. The van der Waals surface area contributed by atoms with Gasteiger partial charge in [0.25, 0.3) is 0 Å². The van der Waals surface area contributed by atoms with Gasteiger partial charge in [0.15, 0.2) is 0 Å². The van der Waals surface area contributed by atoms with Crippen molar-refractivity contribution in [3.8, 4) is 0 Å². The summed E-state index contributed by atoms with van der Waals surface area (Å²) in [6.07, 6.45) is 90.3. The zero-order chi connectivity index (χ0) is 81.7. The summed E-state index contributed by atoms with van der Waals surface area (Å²) in [6.45, 7) is 47.2. The number of hydrogen-bond donors (Lipinski definition) is 3. The second kappa shape index (κ2) is 65.5. The fourth-order valence-corrected chi connectivity index (χ4v) is 14.3. The molecule has 1 atom stereocenters. The largest absolute Gasteiger partial charge is 0.481 e. The van der Waals surface area contributed by atoms with Crippen LogP contribution in [0.1, 0.15) is 389 Å². The maximum Gasteiger partial charge on any atom is 0.481 e. The summed E-state index contributed by atoms with van der Waals surface area (Å²) >= 11 is 0. The van der Waals surface area contributed by atoms with E-state index in [4.69, 9.17) is 9.79 Å². The zero-order valence-electron chi connectivity index (χ0n) is 74.0. The van der Waals surface area contributed by atoms with Crippen LogP contribution in [0.3, 0.4) is 0 Å². The lowest BCUT2D eigenvalue weighted by atomic mass is 10.0. The van der Waals surface area contributed by atoms with Crippen molar-refractivity contribution in [1.29, 1.82) is 0 Å². The van der Waals surface area contributed by atoms with Crippen molar-refractivity contribution in [2.45, 2.75) is 389 Å². The Kier molecular flexibility index (Phi) is 62.5. The van der Waals surface area contributed by atoms with Gasteiger partial charge in [-0.2, -0.15) is 4.31 Å². The predicted molar refractivity (Wildman–Crippen MR) is 485 cm³/mol. The van der Waals surface area contributed by atoms with Gasteiger partial charge in [-0.3, -0.25) is 4.52 Å². The highest BCUT2D eigenvalue weighted by Gasteiger charge is 2.32. The number of phosphoric acid groups is 2. The third-order valence-corrected chi connectivity index (χ3v) is 22.7. The van der Waals surface area contributed by atoms with Crippen LogP contribution in [0, 0.1) is 0 Å². The van der Waals surface area contributed by atoms with Crippen molar-refractivity contribution < 1.29 is 32.6 Å². The van der Waals surface area contributed by atoms with E-state index in [-0.39, 0.29) is 6.61 Å². The quantitative estimate of drug-likeness (QED) is 0.0411. The molecule has 0 rings (SSSR count). The molecule has 3 N–H and O–H groups in total. The Morgan fingerprint density at radius 1 is 0.193 bits per heavy atom. The maximum absolute atomic E-state index is 11.6. The van der Waals surface area contributed by atoms with Gasteiger partial charge in [-0.1, -0.05) is 233 Å². The number of phosphoric ester groups is 1. The summed E-state index contributed by atoms with van der Waals surface area (Å²) in [5.41, 5.74) is 29.3. The first-order valence-electron chi connectivity index (χ1n) is 42.5. The minimum Gasteiger partial charge on any atom is -0.302 e. The molecule has 0 aliphatic heterocycles. The van der Waals surface area contributed by atoms with Crippen LogP contribution < -0.4 is 0 Å². The van der Waals surface area contributed by atoms with E-state index in [0.29, 0.717) is 0 Å². The van der Waals surface area contributed by atoms with Crippen LogP contribution in [-0.2, 0) is 18.0 Å². The van der Waals surface area contributed by atoms with Gasteiger partial charge >= 0.3 is 15.6 Å². The van der Waals surface area contributed by atoms with E-state index < -0.39 is 15.6 Å². The molecule has 0 bridgehead atoms. The normalized spacial score (nSPS) is 15.8. The highest BCUT2D eigenvalue weighted by Crippen LogP contribution is 2.57. The van der Waals surface area contributed by atoms with Crippen LogP contribution in [-0.4, -0.2) is 21.3 Å². The highest BCUT2D eigenvalue weighted by molar-refractivity contribution is 7.60. The number of allylic oxidation sites excluding steroid dienone is 39. The van der Waals surface area contributed by atoms with Gasteiger partial charge in [-0.25, -0.2) is 9.13 Å². The van der Waals surface area contributed by atoms with Crippen LogP contribution in [0.2, 0.25) is 0 Å². The molecule has 0 heterocycles. The van der Waals surface area contributed by atoms with Crippen molar-refractivity contribution in [2.75, 3.05) is 6.61 Å². The fraction of sp³-hybridized carbons (Fsp3) is 0.600. The Balaban J connectivity index is 4.38. The molecule has 0 amide bonds. The summed E-state index contributed by atoms with van der Waals surface area (Å²) in [4.78, 5) is 26.8. The van der Waals surface area contributed by atoms with E-state index in [2.05, 4.69) is 263 Å². The summed E-state index contributed by atoms with van der Waals surface area (Å²) in [5, 5.41) is 0. The lowest BCUT2D eigenvalue weighted by Gasteiger charge is -2.11. The molecule has 0 radical (unpaired) electrons. The fourth-order valence-electron chi connectivity index (χ4n) is 12.8. The van der Waals surface area contributed by atoms with Crippen LogP contribution in [0.5, 0.6) is 0 Å². The summed E-state index contributed by atoms with van der Waals surface area (Å²) in [5.74, 6) is 0. The lowest BCUT2D eigenvalue weighted by molar-refractivity contribution is 0.191. The minimum atomic E-state index is -5.12. The molecule has 0 saturated heterocycles. The van der Waals surface area contributed by atoms with Gasteiger partial charge in [0.2, 0.25) is 0 Å². The Morgan fingerprint density at radius 2 is 0.303 bits per heavy atom. The van der Waals surface area contributed by atoms with Crippen molar-refractivity contribution >= 4 is 15.6 Å². The van der Waals surface area contributed by atoms with Gasteiger partial charge in [0, 0.05) is 0 Å². The molecule has 7 nitrogen and oxygen atoms in total. The smallest absolute Gasteiger partial charge is 0.302 e. The van der Waals surface area contributed by atoms with Gasteiger partial charge < -0.3 is 14.7 Å². The van der Waals surface area contributed by atoms with E-state index in [9.17, 15) is 14.0 Å². The molecule has 0 aliphatic rings. The third kappa shape index (κ3) is 70.6. The molecule has 0 fully saturated rings. The van der Waals surface area contributed by atoms with Crippen LogP contribution >= 0.6 is 15.6 Å². The number of hydrogen-bond acceptors (Lipinski definition) is 4. The van der Waals surface area contributed by atoms with Gasteiger partial charge in [-0.05, 0) is 389 Å². The van der Waals surface area contributed by atoms with E-state index in [1.807, 2.05) is 6.92 Å². The summed E-state index contributed by atoms with van der Waals surface area (Å²) in [7, 11) is -9.94. The molecule has 0 aromatic carbocycles. The van der Waals surface area contributed by atoms with E-state index in [1.165, 1.54) is 138 Å². The molecule has 0 aromatic rings. The Hall–Kier alpha value is -4.94. The Labute approximate surface area is 673 Å². The van der Waals surface area contributed by atoms with Crippen molar-refractivity contribution in [3.05, 3.63) is 233 Å². The highest BCUT2D eigenvalue weighted by atomic mass is 31.3. The summed E-state index contributed by atoms with van der Waals surface area (Å²) < 4.78 is 30.8. The van der Waals surface area contributed by atoms with Gasteiger partial charge in [0.1, 0.15) is 0 Å². The second-order valence-electron chi connectivity index (χ2n) is 32.8. The zero-order valence-corrected chi connectivity index (χ0v) is 75.8. The minimum absolute atomic E-state index is 0.276. The molecular weight excluding hydrogens is 1380 g/mol. The van der Waals surface area contributed by atoms with E-state index in [1.54, 1.807) is 6.08 Å². The standard InChI is InChI=1S/C100H164O7P2/c1-81(2)41-22-42-82(3)43-23-44-83(4)45-24-46-84(5)47-25-48-85(6)49-26-50-86(7)51-27-52-87(8)53-28-54-88(9)55-29-56-89(10)57-30-58-90(11)59-31-60-91(12)61-32-62-92(13)63-33-64-93(14)65-34-66-94(15)67-35-68-95(16)69-36-70-96(17)71-37-72-97(18)73-38-74-98(19)75-39-76-99(20)77-40-78-100(21)79-80-106-109(104,105)107-108(101,102)103/h41,43,45,47,49,51,53,55,57,59,61,63,65,67,69,71,73,75,77,79H,22-40,42,44,46,48,50,52,54,56,58,60,62,64,66,68,70,72,74,76,78,80H2,1-21H3,(H,104,105)(H2,101,102,103). The van der Waals surface area contributed by atoms with Gasteiger partial charge in [0.05, 0.1) is 6.61 Å². The molecule has 616 valence electrons. The molecule has 9 heteroatoms. The molecule has 1 unspecified atom stereocenters. The van der Waals surface area contributed by atoms with E-state index in [0.717, 1.165) is 217 Å². The van der Waals surface area contributed by atoms with Crippen molar-refractivity contribution in [2.24, 2.45) is 0 Å². The molecule has 109 heavy (non-hydrogen) atoms. The van der Waals surface area contributed by atoms with Crippen molar-refractivity contribution in [1.82, 2.24) is 0 Å². The Morgan fingerprint density at radius 3 is 0.413 bits per heavy atom. The average molecular weight is 1540 g/mol. The lowest BCUT2D eigenvalue weighted by Crippen LogP contribution is -1.94. The molecule has 0 aromatic heterocycles. The van der Waals surface area contributed by atoms with Crippen LogP contribution in [0.4, 0.5) is 0 Å². The van der Waals surface area contributed by atoms with E-state index >= 15 is 0 Å². The second-order valence-corrected chi connectivity index (χ2v) is 35.6. The predicted octanol–water partition coefficient (Wildman–Crippen LogP) is 34.0.